The molecule has 4 nitrogen and oxygen atoms in total. The summed E-state index contributed by atoms with van der Waals surface area (Å²) in [6.45, 7) is 1.45. The van der Waals surface area contributed by atoms with Gasteiger partial charge < -0.3 is 15.2 Å². The second-order valence-electron chi connectivity index (χ2n) is 5.36. The molecule has 2 rings (SSSR count). The van der Waals surface area contributed by atoms with Crippen molar-refractivity contribution in [2.45, 2.75) is 38.6 Å². The Hall–Kier alpha value is -1.81. The van der Waals surface area contributed by atoms with Gasteiger partial charge in [0.2, 0.25) is 0 Å². The molecule has 0 heterocycles. The van der Waals surface area contributed by atoms with Crippen LogP contribution in [0.15, 0.2) is 35.9 Å². The highest BCUT2D eigenvalue weighted by Gasteiger charge is 2.03. The zero-order valence-electron chi connectivity index (χ0n) is 12.3. The SMILES string of the molecule is O=C(O)COc1cccc(CNCCC2=CCCCC2)c1. The van der Waals surface area contributed by atoms with Crippen LogP contribution in [0.5, 0.6) is 5.75 Å². The Morgan fingerprint density at radius 3 is 3.00 bits per heavy atom. The highest BCUT2D eigenvalue weighted by atomic mass is 16.5. The molecule has 0 aliphatic heterocycles. The maximum Gasteiger partial charge on any atom is 0.341 e. The molecule has 1 aromatic carbocycles. The Morgan fingerprint density at radius 2 is 2.24 bits per heavy atom. The second kappa shape index (κ2) is 8.47. The smallest absolute Gasteiger partial charge is 0.341 e. The summed E-state index contributed by atoms with van der Waals surface area (Å²) >= 11 is 0. The summed E-state index contributed by atoms with van der Waals surface area (Å²) in [7, 11) is 0. The van der Waals surface area contributed by atoms with Gasteiger partial charge in [0.05, 0.1) is 0 Å². The lowest BCUT2D eigenvalue weighted by molar-refractivity contribution is -0.139. The van der Waals surface area contributed by atoms with E-state index in [1.54, 1.807) is 11.6 Å². The Kier molecular flexibility index (Phi) is 6.28. The van der Waals surface area contributed by atoms with Crippen LogP contribution in [0.3, 0.4) is 0 Å². The van der Waals surface area contributed by atoms with Crippen molar-refractivity contribution in [1.29, 1.82) is 0 Å². The van der Waals surface area contributed by atoms with Crippen LogP contribution in [0.2, 0.25) is 0 Å². The molecule has 2 N–H and O–H groups in total. The van der Waals surface area contributed by atoms with Crippen molar-refractivity contribution < 1.29 is 14.6 Å². The minimum Gasteiger partial charge on any atom is -0.482 e. The lowest BCUT2D eigenvalue weighted by atomic mass is 9.97. The number of allylic oxidation sites excluding steroid dienone is 1. The molecule has 4 heteroatoms. The van der Waals surface area contributed by atoms with E-state index in [9.17, 15) is 4.79 Å². The molecule has 0 radical (unpaired) electrons. The number of aliphatic carboxylic acids is 1. The molecule has 1 aliphatic rings. The maximum atomic E-state index is 10.5. The summed E-state index contributed by atoms with van der Waals surface area (Å²) in [5, 5.41) is 12.0. The minimum atomic E-state index is -0.959. The number of hydrogen-bond acceptors (Lipinski definition) is 3. The molecule has 0 saturated heterocycles. The van der Waals surface area contributed by atoms with Crippen LogP contribution in [0.4, 0.5) is 0 Å². The summed E-state index contributed by atoms with van der Waals surface area (Å²) in [6, 6.07) is 7.56. The van der Waals surface area contributed by atoms with Crippen LogP contribution in [0.25, 0.3) is 0 Å². The molecule has 0 aromatic heterocycles. The molecule has 21 heavy (non-hydrogen) atoms. The molecule has 0 bridgehead atoms. The third-order valence-corrected chi connectivity index (χ3v) is 3.60. The fraction of sp³-hybridized carbons (Fsp3) is 0.471. The molecule has 0 amide bonds. The van der Waals surface area contributed by atoms with Crippen LogP contribution in [-0.2, 0) is 11.3 Å². The van der Waals surface area contributed by atoms with Crippen LogP contribution < -0.4 is 10.1 Å². The first kappa shape index (κ1) is 15.6. The number of carboxylic acids is 1. The number of carbonyl (C=O) groups is 1. The second-order valence-corrected chi connectivity index (χ2v) is 5.36. The monoisotopic (exact) mass is 289 g/mol. The third-order valence-electron chi connectivity index (χ3n) is 3.60. The Morgan fingerprint density at radius 1 is 1.33 bits per heavy atom. The summed E-state index contributed by atoms with van der Waals surface area (Å²) < 4.78 is 5.17. The normalized spacial score (nSPS) is 14.6. The average Bonchev–Trinajstić information content (AvgIpc) is 2.51. The van der Waals surface area contributed by atoms with Gasteiger partial charge in [-0.2, -0.15) is 0 Å². The highest BCUT2D eigenvalue weighted by molar-refractivity contribution is 5.68. The first-order valence-electron chi connectivity index (χ1n) is 7.56. The topological polar surface area (TPSA) is 58.6 Å². The molecule has 0 atom stereocenters. The summed E-state index contributed by atoms with van der Waals surface area (Å²) in [5.41, 5.74) is 2.68. The van der Waals surface area contributed by atoms with Gasteiger partial charge in [-0.05, 0) is 56.3 Å². The van der Waals surface area contributed by atoms with Crippen molar-refractivity contribution >= 4 is 5.97 Å². The van der Waals surface area contributed by atoms with Gasteiger partial charge in [0.25, 0.3) is 0 Å². The standard InChI is InChI=1S/C17H23NO3/c19-17(20)13-21-16-8-4-7-15(11-16)12-18-10-9-14-5-2-1-3-6-14/h4-5,7-8,11,18H,1-3,6,9-10,12-13H2,(H,19,20). The van der Waals surface area contributed by atoms with Gasteiger partial charge in [-0.3, -0.25) is 0 Å². The van der Waals surface area contributed by atoms with Gasteiger partial charge in [0, 0.05) is 6.54 Å². The van der Waals surface area contributed by atoms with Gasteiger partial charge in [0.1, 0.15) is 5.75 Å². The van der Waals surface area contributed by atoms with Crippen molar-refractivity contribution in [2.75, 3.05) is 13.2 Å². The molecule has 114 valence electrons. The number of nitrogens with one attached hydrogen (secondary N) is 1. The van der Waals surface area contributed by atoms with Crippen molar-refractivity contribution in [3.63, 3.8) is 0 Å². The Balaban J connectivity index is 1.71. The largest absolute Gasteiger partial charge is 0.482 e. The highest BCUT2D eigenvalue weighted by Crippen LogP contribution is 2.19. The van der Waals surface area contributed by atoms with Crippen molar-refractivity contribution in [3.8, 4) is 5.75 Å². The predicted octanol–water partition coefficient (Wildman–Crippen LogP) is 3.13. The van der Waals surface area contributed by atoms with Crippen LogP contribution in [0.1, 0.15) is 37.7 Å². The molecule has 0 spiro atoms. The molecule has 0 saturated carbocycles. The molecule has 0 unspecified atom stereocenters. The van der Waals surface area contributed by atoms with E-state index in [1.165, 1.54) is 25.7 Å². The fourth-order valence-corrected chi connectivity index (χ4v) is 2.50. The Bertz CT molecular complexity index is 497. The minimum absolute atomic E-state index is 0.301. The van der Waals surface area contributed by atoms with E-state index in [0.717, 1.165) is 25.1 Å². The molecular weight excluding hydrogens is 266 g/mol. The van der Waals surface area contributed by atoms with Gasteiger partial charge in [0.15, 0.2) is 6.61 Å². The van der Waals surface area contributed by atoms with Gasteiger partial charge in [-0.25, -0.2) is 4.79 Å². The lowest BCUT2D eigenvalue weighted by Gasteiger charge is -2.13. The summed E-state index contributed by atoms with van der Waals surface area (Å²) in [6.07, 6.45) is 8.65. The number of benzene rings is 1. The van der Waals surface area contributed by atoms with E-state index in [2.05, 4.69) is 11.4 Å². The predicted molar refractivity (Wildman–Crippen MR) is 82.4 cm³/mol. The molecular formula is C17H23NO3. The van der Waals surface area contributed by atoms with E-state index < -0.39 is 5.97 Å². The van der Waals surface area contributed by atoms with Crippen molar-refractivity contribution in [2.24, 2.45) is 0 Å². The van der Waals surface area contributed by atoms with E-state index in [1.807, 2.05) is 18.2 Å². The third kappa shape index (κ3) is 6.00. The zero-order valence-corrected chi connectivity index (χ0v) is 12.3. The molecule has 1 aliphatic carbocycles. The zero-order chi connectivity index (χ0) is 14.9. The van der Waals surface area contributed by atoms with Gasteiger partial charge in [-0.1, -0.05) is 23.8 Å². The average molecular weight is 289 g/mol. The lowest BCUT2D eigenvalue weighted by Crippen LogP contribution is -2.16. The van der Waals surface area contributed by atoms with Crippen molar-refractivity contribution in [1.82, 2.24) is 5.32 Å². The van der Waals surface area contributed by atoms with E-state index in [0.29, 0.717) is 5.75 Å². The number of rotatable bonds is 8. The van der Waals surface area contributed by atoms with Crippen LogP contribution >= 0.6 is 0 Å². The fourth-order valence-electron chi connectivity index (χ4n) is 2.50. The van der Waals surface area contributed by atoms with Gasteiger partial charge >= 0.3 is 5.97 Å². The van der Waals surface area contributed by atoms with Crippen LogP contribution in [0, 0.1) is 0 Å². The molecule has 1 aromatic rings. The van der Waals surface area contributed by atoms with Crippen LogP contribution in [-0.4, -0.2) is 24.2 Å². The van der Waals surface area contributed by atoms with Crippen molar-refractivity contribution in [3.05, 3.63) is 41.5 Å². The van der Waals surface area contributed by atoms with E-state index in [4.69, 9.17) is 9.84 Å². The summed E-state index contributed by atoms with van der Waals surface area (Å²) in [4.78, 5) is 10.5. The number of ether oxygens (including phenoxy) is 1. The maximum absolute atomic E-state index is 10.5. The van der Waals surface area contributed by atoms with E-state index in [-0.39, 0.29) is 6.61 Å². The quantitative estimate of drug-likeness (QED) is 0.570. The first-order valence-corrected chi connectivity index (χ1v) is 7.56. The first-order chi connectivity index (χ1) is 10.2. The molecule has 0 fully saturated rings. The summed E-state index contributed by atoms with van der Waals surface area (Å²) in [5.74, 6) is -0.356. The van der Waals surface area contributed by atoms with Gasteiger partial charge in [-0.15, -0.1) is 0 Å². The number of carboxylic acid groups (broad SMARTS) is 1. The number of hydrogen-bond donors (Lipinski definition) is 2. The van der Waals surface area contributed by atoms with E-state index >= 15 is 0 Å². The Labute approximate surface area is 125 Å².